The van der Waals surface area contributed by atoms with Crippen molar-refractivity contribution in [3.63, 3.8) is 0 Å². The number of pyridine rings is 2. The Bertz CT molecular complexity index is 1220. The minimum absolute atomic E-state index is 0.219. The SMILES string of the molecule is O=c1c2ccccc2c(C=Nc2cccc(Cl)c2)c(O)n1-c1ccccn1. The summed E-state index contributed by atoms with van der Waals surface area (Å²) in [7, 11) is 0. The Morgan fingerprint density at radius 2 is 1.78 bits per heavy atom. The molecule has 4 aromatic rings. The highest BCUT2D eigenvalue weighted by Crippen LogP contribution is 2.26. The fraction of sp³-hybridized carbons (Fsp3) is 0. The second kappa shape index (κ2) is 7.05. The van der Waals surface area contributed by atoms with Crippen LogP contribution < -0.4 is 5.56 Å². The Morgan fingerprint density at radius 1 is 1.00 bits per heavy atom. The molecule has 5 nitrogen and oxygen atoms in total. The van der Waals surface area contributed by atoms with E-state index in [1.165, 1.54) is 10.8 Å². The lowest BCUT2D eigenvalue weighted by molar-refractivity contribution is 0.435. The van der Waals surface area contributed by atoms with E-state index in [1.807, 2.05) is 6.07 Å². The van der Waals surface area contributed by atoms with Crippen molar-refractivity contribution in [2.45, 2.75) is 0 Å². The van der Waals surface area contributed by atoms with Crippen LogP contribution >= 0.6 is 11.6 Å². The van der Waals surface area contributed by atoms with Crippen molar-refractivity contribution in [1.82, 2.24) is 9.55 Å². The number of aromatic nitrogens is 2. The fourth-order valence-electron chi connectivity index (χ4n) is 2.88. The minimum Gasteiger partial charge on any atom is -0.494 e. The van der Waals surface area contributed by atoms with E-state index in [0.717, 1.165) is 0 Å². The van der Waals surface area contributed by atoms with E-state index in [0.29, 0.717) is 32.9 Å². The largest absolute Gasteiger partial charge is 0.494 e. The molecular weight excluding hydrogens is 362 g/mol. The first-order valence-corrected chi connectivity index (χ1v) is 8.61. The van der Waals surface area contributed by atoms with Gasteiger partial charge < -0.3 is 5.11 Å². The van der Waals surface area contributed by atoms with Crippen molar-refractivity contribution in [2.24, 2.45) is 4.99 Å². The van der Waals surface area contributed by atoms with Gasteiger partial charge in [0.1, 0.15) is 5.82 Å². The smallest absolute Gasteiger partial charge is 0.267 e. The second-order valence-electron chi connectivity index (χ2n) is 5.85. The highest BCUT2D eigenvalue weighted by molar-refractivity contribution is 6.30. The molecule has 0 aliphatic heterocycles. The lowest BCUT2D eigenvalue weighted by atomic mass is 10.1. The molecule has 0 saturated heterocycles. The third-order valence-electron chi connectivity index (χ3n) is 4.13. The first kappa shape index (κ1) is 17.0. The normalized spacial score (nSPS) is 11.3. The molecule has 1 N–H and O–H groups in total. The molecule has 2 aromatic heterocycles. The topological polar surface area (TPSA) is 67.5 Å². The van der Waals surface area contributed by atoms with Gasteiger partial charge in [-0.3, -0.25) is 9.79 Å². The lowest BCUT2D eigenvalue weighted by Gasteiger charge is -2.12. The predicted octanol–water partition coefficient (Wildman–Crippen LogP) is 4.50. The summed E-state index contributed by atoms with van der Waals surface area (Å²) in [5.74, 6) is 0.117. The summed E-state index contributed by atoms with van der Waals surface area (Å²) >= 11 is 6.00. The van der Waals surface area contributed by atoms with Gasteiger partial charge in [-0.25, -0.2) is 9.55 Å². The third kappa shape index (κ3) is 3.20. The maximum atomic E-state index is 12.9. The average molecular weight is 376 g/mol. The number of nitrogens with zero attached hydrogens (tertiary/aromatic N) is 3. The van der Waals surface area contributed by atoms with Crippen molar-refractivity contribution >= 4 is 34.3 Å². The van der Waals surface area contributed by atoms with Crippen molar-refractivity contribution < 1.29 is 5.11 Å². The first-order valence-electron chi connectivity index (χ1n) is 8.23. The lowest BCUT2D eigenvalue weighted by Crippen LogP contribution is -2.20. The Kier molecular flexibility index (Phi) is 4.44. The summed E-state index contributed by atoms with van der Waals surface area (Å²) in [6.07, 6.45) is 3.10. The molecule has 2 heterocycles. The van der Waals surface area contributed by atoms with Gasteiger partial charge in [0.15, 0.2) is 0 Å². The van der Waals surface area contributed by atoms with Crippen molar-refractivity contribution in [2.75, 3.05) is 0 Å². The van der Waals surface area contributed by atoms with Crippen LogP contribution in [0.2, 0.25) is 5.02 Å². The summed E-state index contributed by atoms with van der Waals surface area (Å²) in [4.78, 5) is 21.5. The molecule has 6 heteroatoms. The van der Waals surface area contributed by atoms with Crippen molar-refractivity contribution in [3.05, 3.63) is 93.9 Å². The number of benzene rings is 2. The number of fused-ring (bicyclic) bond motifs is 1. The third-order valence-corrected chi connectivity index (χ3v) is 4.37. The van der Waals surface area contributed by atoms with E-state index in [2.05, 4.69) is 9.98 Å². The van der Waals surface area contributed by atoms with Crippen LogP contribution in [0.15, 0.2) is 82.7 Å². The van der Waals surface area contributed by atoms with E-state index in [9.17, 15) is 9.90 Å². The molecule has 27 heavy (non-hydrogen) atoms. The summed E-state index contributed by atoms with van der Waals surface area (Å²) in [5, 5.41) is 12.5. The zero-order chi connectivity index (χ0) is 18.8. The molecule has 132 valence electrons. The second-order valence-corrected chi connectivity index (χ2v) is 6.29. The quantitative estimate of drug-likeness (QED) is 0.536. The Hall–Kier alpha value is -3.44. The van der Waals surface area contributed by atoms with Crippen LogP contribution in [0.1, 0.15) is 5.56 Å². The molecule has 0 radical (unpaired) electrons. The van der Waals surface area contributed by atoms with E-state index in [1.54, 1.807) is 66.9 Å². The van der Waals surface area contributed by atoms with Gasteiger partial charge in [0.05, 0.1) is 11.3 Å². The zero-order valence-corrected chi connectivity index (χ0v) is 14.8. The maximum Gasteiger partial charge on any atom is 0.267 e. The van der Waals surface area contributed by atoms with Crippen LogP contribution in [0.5, 0.6) is 5.88 Å². The highest BCUT2D eigenvalue weighted by Gasteiger charge is 2.16. The van der Waals surface area contributed by atoms with Crippen LogP contribution in [-0.4, -0.2) is 20.9 Å². The molecule has 0 saturated carbocycles. The van der Waals surface area contributed by atoms with Crippen molar-refractivity contribution in [3.8, 4) is 11.7 Å². The molecule has 0 fully saturated rings. The molecule has 2 aromatic carbocycles. The van der Waals surface area contributed by atoms with Gasteiger partial charge in [0.2, 0.25) is 5.88 Å². The summed E-state index contributed by atoms with van der Waals surface area (Å²) in [6, 6.07) is 19.3. The highest BCUT2D eigenvalue weighted by atomic mass is 35.5. The van der Waals surface area contributed by atoms with Gasteiger partial charge in [0, 0.05) is 28.2 Å². The number of hydrogen-bond donors (Lipinski definition) is 1. The van der Waals surface area contributed by atoms with Gasteiger partial charge in [-0.15, -0.1) is 0 Å². The minimum atomic E-state index is -0.346. The summed E-state index contributed by atoms with van der Waals surface area (Å²) in [6.45, 7) is 0. The van der Waals surface area contributed by atoms with Crippen LogP contribution in [0, 0.1) is 0 Å². The average Bonchev–Trinajstić information content (AvgIpc) is 2.69. The van der Waals surface area contributed by atoms with E-state index in [-0.39, 0.29) is 11.4 Å². The standard InChI is InChI=1S/C21H14ClN3O2/c22-14-6-5-7-15(12-14)24-13-18-16-8-1-2-9-17(16)20(26)25(21(18)27)19-10-3-4-11-23-19/h1-13,27H. The number of aromatic hydroxyl groups is 1. The van der Waals surface area contributed by atoms with Crippen molar-refractivity contribution in [1.29, 1.82) is 0 Å². The molecule has 0 unspecified atom stereocenters. The zero-order valence-electron chi connectivity index (χ0n) is 14.1. The van der Waals surface area contributed by atoms with Crippen LogP contribution in [0.25, 0.3) is 16.6 Å². The van der Waals surface area contributed by atoms with Gasteiger partial charge in [-0.05, 0) is 36.4 Å². The van der Waals surface area contributed by atoms with Crippen LogP contribution in [-0.2, 0) is 0 Å². The van der Waals surface area contributed by atoms with Gasteiger partial charge >= 0.3 is 0 Å². The molecule has 0 amide bonds. The molecule has 0 spiro atoms. The number of hydrogen-bond acceptors (Lipinski definition) is 4. The molecular formula is C21H14ClN3O2. The maximum absolute atomic E-state index is 12.9. The number of rotatable bonds is 3. The Balaban J connectivity index is 1.98. The van der Waals surface area contributed by atoms with E-state index < -0.39 is 0 Å². The molecule has 4 rings (SSSR count). The molecule has 0 atom stereocenters. The Labute approximate surface area is 159 Å². The summed E-state index contributed by atoms with van der Waals surface area (Å²) in [5.41, 5.74) is 0.721. The molecule has 0 bridgehead atoms. The summed E-state index contributed by atoms with van der Waals surface area (Å²) < 4.78 is 1.18. The van der Waals surface area contributed by atoms with Crippen LogP contribution in [0.4, 0.5) is 5.69 Å². The molecule has 0 aliphatic rings. The monoisotopic (exact) mass is 375 g/mol. The fourth-order valence-corrected chi connectivity index (χ4v) is 3.07. The predicted molar refractivity (Wildman–Crippen MR) is 108 cm³/mol. The van der Waals surface area contributed by atoms with Gasteiger partial charge in [0.25, 0.3) is 5.56 Å². The number of aliphatic imine (C=N–C) groups is 1. The number of halogens is 1. The Morgan fingerprint density at radius 3 is 2.52 bits per heavy atom. The van der Waals surface area contributed by atoms with E-state index in [4.69, 9.17) is 11.6 Å². The molecule has 0 aliphatic carbocycles. The van der Waals surface area contributed by atoms with Gasteiger partial charge in [-0.2, -0.15) is 0 Å². The van der Waals surface area contributed by atoms with Gasteiger partial charge in [-0.1, -0.05) is 41.9 Å². The van der Waals surface area contributed by atoms with Crippen LogP contribution in [0.3, 0.4) is 0 Å². The van der Waals surface area contributed by atoms with E-state index >= 15 is 0 Å². The first-order chi connectivity index (χ1) is 13.1.